The smallest absolute Gasteiger partial charge is 0.195 e. The zero-order chi connectivity index (χ0) is 20.9. The minimum Gasteiger partial charge on any atom is -0.493 e. The van der Waals surface area contributed by atoms with E-state index in [-0.39, 0.29) is 17.8 Å². The number of hydrogen-bond acceptors (Lipinski definition) is 4. The van der Waals surface area contributed by atoms with Gasteiger partial charge < -0.3 is 14.8 Å². The molecular formula is C24H23N3O3. The summed E-state index contributed by atoms with van der Waals surface area (Å²) in [6.45, 7) is 4.79. The van der Waals surface area contributed by atoms with Gasteiger partial charge in [0.15, 0.2) is 5.78 Å². The maximum absolute atomic E-state index is 13.4. The van der Waals surface area contributed by atoms with Gasteiger partial charge in [-0.15, -0.1) is 0 Å². The highest BCUT2D eigenvalue weighted by atomic mass is 16.5. The third-order valence-corrected chi connectivity index (χ3v) is 5.96. The van der Waals surface area contributed by atoms with E-state index in [1.807, 2.05) is 36.5 Å². The molecule has 1 aliphatic rings. The van der Waals surface area contributed by atoms with Crippen LogP contribution in [0, 0.1) is 0 Å². The van der Waals surface area contributed by atoms with Crippen molar-refractivity contribution in [1.82, 2.24) is 15.2 Å². The lowest BCUT2D eigenvalue weighted by molar-refractivity contribution is 0.103. The molecule has 4 aromatic rings. The second-order valence-electron chi connectivity index (χ2n) is 8.21. The molecule has 0 fully saturated rings. The normalized spacial score (nSPS) is 14.6. The summed E-state index contributed by atoms with van der Waals surface area (Å²) >= 11 is 0. The number of carbonyl (C=O) groups excluding carboxylic acids is 1. The molecule has 30 heavy (non-hydrogen) atoms. The van der Waals surface area contributed by atoms with E-state index in [0.717, 1.165) is 38.9 Å². The summed E-state index contributed by atoms with van der Waals surface area (Å²) in [4.78, 5) is 17.0. The number of nitrogens with one attached hydrogen (secondary N) is 2. The zero-order valence-corrected chi connectivity index (χ0v) is 17.0. The van der Waals surface area contributed by atoms with Gasteiger partial charge in [-0.05, 0) is 35.4 Å². The van der Waals surface area contributed by atoms with Gasteiger partial charge in [-0.2, -0.15) is 5.10 Å². The lowest BCUT2D eigenvalue weighted by atomic mass is 9.71. The Morgan fingerprint density at radius 2 is 2.00 bits per heavy atom. The number of fused-ring (bicyclic) bond motifs is 4. The Morgan fingerprint density at radius 1 is 1.13 bits per heavy atom. The summed E-state index contributed by atoms with van der Waals surface area (Å²) in [5.41, 5.74) is 5.92. The van der Waals surface area contributed by atoms with E-state index in [9.17, 15) is 4.79 Å². The summed E-state index contributed by atoms with van der Waals surface area (Å²) in [6, 6.07) is 11.7. The Balaban J connectivity index is 1.62. The van der Waals surface area contributed by atoms with Crippen LogP contribution in [0.5, 0.6) is 5.75 Å². The van der Waals surface area contributed by atoms with Crippen molar-refractivity contribution in [2.24, 2.45) is 0 Å². The van der Waals surface area contributed by atoms with Crippen LogP contribution in [-0.4, -0.2) is 39.3 Å². The number of hydrogen-bond donors (Lipinski definition) is 3. The monoisotopic (exact) mass is 401 g/mol. The van der Waals surface area contributed by atoms with E-state index in [0.29, 0.717) is 24.3 Å². The van der Waals surface area contributed by atoms with Gasteiger partial charge in [0.1, 0.15) is 5.75 Å². The molecule has 5 rings (SSSR count). The van der Waals surface area contributed by atoms with E-state index < -0.39 is 0 Å². The minimum absolute atomic E-state index is 0.0311. The summed E-state index contributed by atoms with van der Waals surface area (Å²) in [5.74, 6) is 0.744. The number of benzene rings is 2. The third-order valence-electron chi connectivity index (χ3n) is 5.96. The van der Waals surface area contributed by atoms with Crippen molar-refractivity contribution in [3.63, 3.8) is 0 Å². The predicted molar refractivity (Wildman–Crippen MR) is 115 cm³/mol. The Labute approximate surface area is 173 Å². The van der Waals surface area contributed by atoms with Crippen LogP contribution in [0.2, 0.25) is 0 Å². The number of ketones is 1. The summed E-state index contributed by atoms with van der Waals surface area (Å²) in [6.07, 6.45) is 4.21. The maximum Gasteiger partial charge on any atom is 0.195 e. The van der Waals surface area contributed by atoms with Crippen LogP contribution >= 0.6 is 0 Å². The lowest BCUT2D eigenvalue weighted by Gasteiger charge is -2.32. The van der Waals surface area contributed by atoms with Crippen LogP contribution < -0.4 is 4.74 Å². The molecule has 6 heteroatoms. The Kier molecular flexibility index (Phi) is 4.25. The van der Waals surface area contributed by atoms with Crippen LogP contribution in [0.15, 0.2) is 48.8 Å². The van der Waals surface area contributed by atoms with Crippen LogP contribution in [0.25, 0.3) is 22.0 Å². The Hall–Kier alpha value is -3.38. The topological polar surface area (TPSA) is 91.0 Å². The van der Waals surface area contributed by atoms with E-state index in [4.69, 9.17) is 9.84 Å². The second-order valence-corrected chi connectivity index (χ2v) is 8.21. The Morgan fingerprint density at radius 3 is 2.77 bits per heavy atom. The van der Waals surface area contributed by atoms with Crippen molar-refractivity contribution in [2.75, 3.05) is 13.2 Å². The molecule has 0 aliphatic heterocycles. The van der Waals surface area contributed by atoms with Gasteiger partial charge in [-0.3, -0.25) is 9.89 Å². The SMILES string of the molecule is CC1(C)c2cc(OCCCO)ccc2C(=O)c2c1[nH]c1cc(-c3cn[nH]c3)ccc21. The molecule has 0 bridgehead atoms. The number of H-pyrrole nitrogens is 2. The first-order valence-electron chi connectivity index (χ1n) is 10.1. The zero-order valence-electron chi connectivity index (χ0n) is 17.0. The lowest BCUT2D eigenvalue weighted by Crippen LogP contribution is -2.30. The van der Waals surface area contributed by atoms with E-state index >= 15 is 0 Å². The van der Waals surface area contributed by atoms with Gasteiger partial charge in [0.05, 0.1) is 18.4 Å². The van der Waals surface area contributed by atoms with Crippen LogP contribution in [0.1, 0.15) is 47.4 Å². The summed E-state index contributed by atoms with van der Waals surface area (Å²) in [7, 11) is 0. The van der Waals surface area contributed by atoms with E-state index in [1.165, 1.54) is 0 Å². The predicted octanol–water partition coefficient (Wildman–Crippen LogP) is 4.19. The number of carbonyl (C=O) groups is 1. The fraction of sp³-hybridized carbons (Fsp3) is 0.250. The molecule has 2 aromatic carbocycles. The molecule has 2 aromatic heterocycles. The largest absolute Gasteiger partial charge is 0.493 e. The average molecular weight is 401 g/mol. The maximum atomic E-state index is 13.4. The Bertz CT molecular complexity index is 1250. The van der Waals surface area contributed by atoms with Gasteiger partial charge >= 0.3 is 0 Å². The molecule has 0 amide bonds. The number of rotatable bonds is 5. The highest BCUT2D eigenvalue weighted by Crippen LogP contribution is 2.45. The van der Waals surface area contributed by atoms with Gasteiger partial charge in [0.2, 0.25) is 0 Å². The molecule has 0 atom stereocenters. The molecule has 0 spiro atoms. The number of aromatic nitrogens is 3. The molecule has 3 N–H and O–H groups in total. The van der Waals surface area contributed by atoms with Crippen LogP contribution in [0.4, 0.5) is 0 Å². The number of aliphatic hydroxyl groups is 1. The van der Waals surface area contributed by atoms with Crippen LogP contribution in [0.3, 0.4) is 0 Å². The molecule has 0 saturated heterocycles. The van der Waals surface area contributed by atoms with Crippen molar-refractivity contribution in [1.29, 1.82) is 0 Å². The molecule has 152 valence electrons. The number of nitrogens with zero attached hydrogens (tertiary/aromatic N) is 1. The molecule has 2 heterocycles. The number of aromatic amines is 2. The third kappa shape index (κ3) is 2.75. The average Bonchev–Trinajstić information content (AvgIpc) is 3.40. The molecule has 0 saturated carbocycles. The number of ether oxygens (including phenoxy) is 1. The van der Waals surface area contributed by atoms with Gasteiger partial charge in [-0.25, -0.2) is 0 Å². The summed E-state index contributed by atoms with van der Waals surface area (Å²) in [5, 5.41) is 16.8. The highest BCUT2D eigenvalue weighted by Gasteiger charge is 2.39. The molecular weight excluding hydrogens is 378 g/mol. The van der Waals surface area contributed by atoms with Crippen molar-refractivity contribution in [3.8, 4) is 16.9 Å². The van der Waals surface area contributed by atoms with Gasteiger partial charge in [0, 0.05) is 52.4 Å². The summed E-state index contributed by atoms with van der Waals surface area (Å²) < 4.78 is 5.75. The van der Waals surface area contributed by atoms with E-state index in [2.05, 4.69) is 35.1 Å². The first-order valence-corrected chi connectivity index (χ1v) is 10.1. The molecule has 0 unspecified atom stereocenters. The van der Waals surface area contributed by atoms with Gasteiger partial charge in [0.25, 0.3) is 0 Å². The van der Waals surface area contributed by atoms with Gasteiger partial charge in [-0.1, -0.05) is 26.0 Å². The second kappa shape index (κ2) is 6.85. The van der Waals surface area contributed by atoms with Crippen molar-refractivity contribution >= 4 is 16.7 Å². The number of aliphatic hydroxyl groups excluding tert-OH is 1. The fourth-order valence-electron chi connectivity index (χ4n) is 4.34. The quantitative estimate of drug-likeness (QED) is 0.437. The van der Waals surface area contributed by atoms with Crippen LogP contribution in [-0.2, 0) is 5.41 Å². The molecule has 6 nitrogen and oxygen atoms in total. The standard InChI is InChI=1S/C24H23N3O3/c1-24(2)19-11-16(30-9-3-8-28)5-7-17(19)22(29)21-18-6-4-14(15-12-25-26-13-15)10-20(18)27-23(21)24/h4-7,10-13,27-28H,3,8-9H2,1-2H3,(H,25,26). The molecule has 1 aliphatic carbocycles. The fourth-order valence-corrected chi connectivity index (χ4v) is 4.34. The van der Waals surface area contributed by atoms with E-state index in [1.54, 1.807) is 6.20 Å². The molecule has 0 radical (unpaired) electrons. The highest BCUT2D eigenvalue weighted by molar-refractivity contribution is 6.20. The van der Waals surface area contributed by atoms with Crippen molar-refractivity contribution in [3.05, 3.63) is 71.2 Å². The van der Waals surface area contributed by atoms with Crippen molar-refractivity contribution in [2.45, 2.75) is 25.7 Å². The first-order chi connectivity index (χ1) is 14.5. The van der Waals surface area contributed by atoms with Crippen molar-refractivity contribution < 1.29 is 14.6 Å². The first kappa shape index (κ1) is 18.6. The minimum atomic E-state index is -0.385.